The van der Waals surface area contributed by atoms with Crippen molar-refractivity contribution in [2.24, 2.45) is 0 Å². The first-order valence-electron chi connectivity index (χ1n) is 8.91. The molecule has 1 heterocycles. The summed E-state index contributed by atoms with van der Waals surface area (Å²) >= 11 is 0. The van der Waals surface area contributed by atoms with Gasteiger partial charge >= 0.3 is 0 Å². The number of amides is 2. The molecule has 25 heavy (non-hydrogen) atoms. The zero-order valence-corrected chi connectivity index (χ0v) is 15.2. The predicted octanol–water partition coefficient (Wildman–Crippen LogP) is 2.73. The summed E-state index contributed by atoms with van der Waals surface area (Å²) in [6.45, 7) is 6.85. The number of hydrogen-bond donors (Lipinski definition) is 1. The van der Waals surface area contributed by atoms with Gasteiger partial charge in [-0.05, 0) is 36.6 Å². The average Bonchev–Trinajstić information content (AvgIpc) is 3.00. The van der Waals surface area contributed by atoms with E-state index in [1.807, 2.05) is 19.9 Å². The third-order valence-electron chi connectivity index (χ3n) is 4.45. The third kappa shape index (κ3) is 5.01. The SMILES string of the molecule is CCC(=O)NCCOC1CCN(C(=O)CC)C1c1cc(C)cc(F)c1. The molecule has 2 unspecified atom stereocenters. The van der Waals surface area contributed by atoms with Crippen molar-refractivity contribution in [3.8, 4) is 0 Å². The van der Waals surface area contributed by atoms with E-state index in [9.17, 15) is 14.0 Å². The second-order valence-corrected chi connectivity index (χ2v) is 6.35. The number of aryl methyl sites for hydroxylation is 1. The molecule has 1 saturated heterocycles. The van der Waals surface area contributed by atoms with E-state index in [-0.39, 0.29) is 29.8 Å². The topological polar surface area (TPSA) is 58.6 Å². The van der Waals surface area contributed by atoms with Crippen molar-refractivity contribution in [2.45, 2.75) is 52.2 Å². The van der Waals surface area contributed by atoms with Crippen molar-refractivity contribution in [2.75, 3.05) is 19.7 Å². The molecule has 1 aliphatic rings. The first-order chi connectivity index (χ1) is 12.0. The highest BCUT2D eigenvalue weighted by molar-refractivity contribution is 5.77. The molecule has 138 valence electrons. The zero-order chi connectivity index (χ0) is 18.4. The molecule has 0 radical (unpaired) electrons. The molecule has 1 aliphatic heterocycles. The summed E-state index contributed by atoms with van der Waals surface area (Å²) in [5, 5.41) is 2.77. The number of halogens is 1. The summed E-state index contributed by atoms with van der Waals surface area (Å²) in [6.07, 6.45) is 1.35. The van der Waals surface area contributed by atoms with Gasteiger partial charge in [0.15, 0.2) is 0 Å². The number of nitrogens with zero attached hydrogens (tertiary/aromatic N) is 1. The Morgan fingerprint density at radius 1 is 1.28 bits per heavy atom. The first kappa shape index (κ1) is 19.4. The van der Waals surface area contributed by atoms with Crippen LogP contribution in [-0.2, 0) is 14.3 Å². The summed E-state index contributed by atoms with van der Waals surface area (Å²) in [5.41, 5.74) is 1.58. The van der Waals surface area contributed by atoms with E-state index in [2.05, 4.69) is 5.32 Å². The normalized spacial score (nSPS) is 19.9. The molecule has 1 N–H and O–H groups in total. The van der Waals surface area contributed by atoms with Crippen LogP contribution in [0.2, 0.25) is 0 Å². The molecule has 0 bridgehead atoms. The fraction of sp³-hybridized carbons (Fsp3) is 0.579. The molecule has 0 aliphatic carbocycles. The number of likely N-dealkylation sites (tertiary alicyclic amines) is 1. The molecule has 1 aromatic carbocycles. The highest BCUT2D eigenvalue weighted by Crippen LogP contribution is 2.35. The summed E-state index contributed by atoms with van der Waals surface area (Å²) < 4.78 is 19.8. The summed E-state index contributed by atoms with van der Waals surface area (Å²) in [5.74, 6) is -0.285. The van der Waals surface area contributed by atoms with Crippen molar-refractivity contribution in [1.29, 1.82) is 0 Å². The molecule has 0 spiro atoms. The number of nitrogens with one attached hydrogen (secondary N) is 1. The van der Waals surface area contributed by atoms with Gasteiger partial charge in [0, 0.05) is 25.9 Å². The molecule has 0 saturated carbocycles. The first-order valence-corrected chi connectivity index (χ1v) is 8.91. The van der Waals surface area contributed by atoms with Gasteiger partial charge in [-0.3, -0.25) is 9.59 Å². The second-order valence-electron chi connectivity index (χ2n) is 6.35. The van der Waals surface area contributed by atoms with Crippen LogP contribution in [0.1, 0.15) is 50.3 Å². The number of benzene rings is 1. The van der Waals surface area contributed by atoms with Crippen molar-refractivity contribution in [3.05, 3.63) is 35.1 Å². The molecular weight excluding hydrogens is 323 g/mol. The van der Waals surface area contributed by atoms with Crippen LogP contribution in [0.15, 0.2) is 18.2 Å². The number of carbonyl (C=O) groups is 2. The standard InChI is InChI=1S/C19H27FN2O3/c1-4-17(23)21-7-9-25-16-6-8-22(18(24)5-2)19(16)14-10-13(3)11-15(20)12-14/h10-12,16,19H,4-9H2,1-3H3,(H,21,23). The van der Waals surface area contributed by atoms with Crippen LogP contribution in [-0.4, -0.2) is 42.5 Å². The molecular formula is C19H27FN2O3. The lowest BCUT2D eigenvalue weighted by molar-refractivity contribution is -0.133. The Kier molecular flexibility index (Phi) is 6.93. The Morgan fingerprint density at radius 2 is 2.04 bits per heavy atom. The molecule has 5 nitrogen and oxygen atoms in total. The van der Waals surface area contributed by atoms with Gasteiger partial charge in [-0.25, -0.2) is 4.39 Å². The Hall–Kier alpha value is -1.95. The van der Waals surface area contributed by atoms with Gasteiger partial charge < -0.3 is 15.0 Å². The van der Waals surface area contributed by atoms with Gasteiger partial charge in [0.1, 0.15) is 5.82 Å². The maximum Gasteiger partial charge on any atom is 0.222 e. The van der Waals surface area contributed by atoms with Gasteiger partial charge in [-0.2, -0.15) is 0 Å². The minimum atomic E-state index is -0.306. The number of carbonyl (C=O) groups excluding carboxylic acids is 2. The van der Waals surface area contributed by atoms with Gasteiger partial charge in [-0.1, -0.05) is 19.9 Å². The molecule has 6 heteroatoms. The van der Waals surface area contributed by atoms with Gasteiger partial charge in [0.25, 0.3) is 0 Å². The number of hydrogen-bond acceptors (Lipinski definition) is 3. The number of rotatable bonds is 7. The monoisotopic (exact) mass is 350 g/mol. The molecule has 1 fully saturated rings. The van der Waals surface area contributed by atoms with Crippen LogP contribution in [0.25, 0.3) is 0 Å². The van der Waals surface area contributed by atoms with E-state index in [4.69, 9.17) is 4.74 Å². The molecule has 2 amide bonds. The smallest absolute Gasteiger partial charge is 0.222 e. The molecule has 2 atom stereocenters. The lowest BCUT2D eigenvalue weighted by Gasteiger charge is -2.29. The second kappa shape index (κ2) is 8.94. The van der Waals surface area contributed by atoms with Crippen molar-refractivity contribution >= 4 is 11.8 Å². The Bertz CT molecular complexity index is 600. The van der Waals surface area contributed by atoms with E-state index in [0.717, 1.165) is 11.1 Å². The molecule has 2 rings (SSSR count). The van der Waals surface area contributed by atoms with Crippen LogP contribution >= 0.6 is 0 Å². The fourth-order valence-corrected chi connectivity index (χ4v) is 3.28. The molecule has 0 aromatic heterocycles. The van der Waals surface area contributed by atoms with Crippen LogP contribution in [0.3, 0.4) is 0 Å². The Balaban J connectivity index is 2.12. The fourth-order valence-electron chi connectivity index (χ4n) is 3.28. The van der Waals surface area contributed by atoms with Crippen molar-refractivity contribution in [3.63, 3.8) is 0 Å². The van der Waals surface area contributed by atoms with Crippen LogP contribution in [0, 0.1) is 12.7 Å². The lowest BCUT2D eigenvalue weighted by Crippen LogP contribution is -2.34. The van der Waals surface area contributed by atoms with Gasteiger partial charge in [0.05, 0.1) is 18.8 Å². The van der Waals surface area contributed by atoms with E-state index < -0.39 is 0 Å². The number of ether oxygens (including phenoxy) is 1. The van der Waals surface area contributed by atoms with Crippen molar-refractivity contribution < 1.29 is 18.7 Å². The van der Waals surface area contributed by atoms with Gasteiger partial charge in [0.2, 0.25) is 11.8 Å². The van der Waals surface area contributed by atoms with Crippen LogP contribution in [0.4, 0.5) is 4.39 Å². The third-order valence-corrected chi connectivity index (χ3v) is 4.45. The van der Waals surface area contributed by atoms with Gasteiger partial charge in [-0.15, -0.1) is 0 Å². The predicted molar refractivity (Wildman–Crippen MR) is 93.5 cm³/mol. The largest absolute Gasteiger partial charge is 0.374 e. The minimum Gasteiger partial charge on any atom is -0.374 e. The summed E-state index contributed by atoms with van der Waals surface area (Å²) in [4.78, 5) is 25.4. The van der Waals surface area contributed by atoms with E-state index >= 15 is 0 Å². The minimum absolute atomic E-state index is 0.0184. The Morgan fingerprint density at radius 3 is 2.68 bits per heavy atom. The Labute approximate surface area is 148 Å². The van der Waals surface area contributed by atoms with Crippen LogP contribution < -0.4 is 5.32 Å². The van der Waals surface area contributed by atoms with E-state index in [1.54, 1.807) is 11.8 Å². The summed E-state index contributed by atoms with van der Waals surface area (Å²) in [7, 11) is 0. The van der Waals surface area contributed by atoms with Crippen molar-refractivity contribution in [1.82, 2.24) is 10.2 Å². The summed E-state index contributed by atoms with van der Waals surface area (Å²) in [6, 6.07) is 4.57. The lowest BCUT2D eigenvalue weighted by atomic mass is 9.99. The average molecular weight is 350 g/mol. The quantitative estimate of drug-likeness (QED) is 0.769. The maximum atomic E-state index is 13.9. The van der Waals surface area contributed by atoms with Crippen LogP contribution in [0.5, 0.6) is 0 Å². The maximum absolute atomic E-state index is 13.9. The molecule has 1 aromatic rings. The van der Waals surface area contributed by atoms with E-state index in [0.29, 0.717) is 39.0 Å². The van der Waals surface area contributed by atoms with E-state index in [1.165, 1.54) is 12.1 Å². The highest BCUT2D eigenvalue weighted by atomic mass is 19.1. The zero-order valence-electron chi connectivity index (χ0n) is 15.2. The highest BCUT2D eigenvalue weighted by Gasteiger charge is 2.38.